The molecule has 1 saturated carbocycles. The van der Waals surface area contributed by atoms with Gasteiger partial charge >= 0.3 is 0 Å². The van der Waals surface area contributed by atoms with Crippen LogP contribution in [0.2, 0.25) is 0 Å². The van der Waals surface area contributed by atoms with E-state index in [-0.39, 0.29) is 24.0 Å². The summed E-state index contributed by atoms with van der Waals surface area (Å²) in [5.74, 6) is 0.357. The van der Waals surface area contributed by atoms with Crippen LogP contribution in [-0.4, -0.2) is 66.3 Å². The highest BCUT2D eigenvalue weighted by Gasteiger charge is 2.38. The van der Waals surface area contributed by atoms with Crippen molar-refractivity contribution in [3.05, 3.63) is 35.9 Å². The quantitative estimate of drug-likeness (QED) is 0.888. The summed E-state index contributed by atoms with van der Waals surface area (Å²) >= 11 is 0. The minimum atomic E-state index is -0.253. The molecule has 1 N–H and O–H groups in total. The first-order valence-corrected chi connectivity index (χ1v) is 8.93. The van der Waals surface area contributed by atoms with Crippen molar-refractivity contribution in [1.82, 2.24) is 9.80 Å². The van der Waals surface area contributed by atoms with Gasteiger partial charge in [0.05, 0.1) is 25.9 Å². The van der Waals surface area contributed by atoms with Gasteiger partial charge in [0.25, 0.3) is 0 Å². The number of hydrogen-bond acceptors (Lipinski definition) is 4. The maximum atomic E-state index is 12.6. The Morgan fingerprint density at radius 1 is 1.33 bits per heavy atom. The van der Waals surface area contributed by atoms with Crippen molar-refractivity contribution in [3.63, 3.8) is 0 Å². The minimum absolute atomic E-state index is 0.123. The Hall–Kier alpha value is -1.43. The molecule has 132 valence electrons. The molecular weight excluding hydrogens is 304 g/mol. The topological polar surface area (TPSA) is 53.0 Å². The zero-order chi connectivity index (χ0) is 16.9. The van der Waals surface area contributed by atoms with E-state index < -0.39 is 0 Å². The van der Waals surface area contributed by atoms with E-state index in [0.29, 0.717) is 26.3 Å². The molecule has 1 aromatic rings. The molecule has 1 aliphatic heterocycles. The Bertz CT molecular complexity index is 537. The number of carbonyl (C=O) groups excluding carboxylic acids is 1. The molecule has 3 unspecified atom stereocenters. The molecule has 1 amide bonds. The third kappa shape index (κ3) is 4.15. The third-order valence-electron chi connectivity index (χ3n) is 5.33. The maximum absolute atomic E-state index is 12.6. The van der Waals surface area contributed by atoms with Gasteiger partial charge in [-0.05, 0) is 18.4 Å². The monoisotopic (exact) mass is 332 g/mol. The van der Waals surface area contributed by atoms with E-state index in [1.165, 1.54) is 0 Å². The molecule has 1 aliphatic carbocycles. The average molecular weight is 332 g/mol. The molecule has 3 atom stereocenters. The standard InChI is InChI=1S/C19H28N2O3/c1-20(12-15-6-3-2-4-7-15)19(23)13-21-10-11-24-14-17(21)16-8-5-9-18(16)22/h2-4,6-7,16-18,22H,5,8-14H2,1H3. The number of nitrogens with zero attached hydrogens (tertiary/aromatic N) is 2. The number of morpholine rings is 1. The highest BCUT2D eigenvalue weighted by Crippen LogP contribution is 2.32. The summed E-state index contributed by atoms with van der Waals surface area (Å²) in [6, 6.07) is 10.2. The molecule has 3 rings (SSSR count). The summed E-state index contributed by atoms with van der Waals surface area (Å²) in [5.41, 5.74) is 1.14. The molecule has 0 spiro atoms. The highest BCUT2D eigenvalue weighted by molar-refractivity contribution is 5.78. The number of amides is 1. The summed E-state index contributed by atoms with van der Waals surface area (Å²) in [6.07, 6.45) is 2.71. The maximum Gasteiger partial charge on any atom is 0.236 e. The number of likely N-dealkylation sites (N-methyl/N-ethyl adjacent to an activating group) is 1. The van der Waals surface area contributed by atoms with Crippen LogP contribution in [0.1, 0.15) is 24.8 Å². The van der Waals surface area contributed by atoms with E-state index in [2.05, 4.69) is 4.90 Å². The second-order valence-corrected chi connectivity index (χ2v) is 7.01. The van der Waals surface area contributed by atoms with Crippen LogP contribution in [-0.2, 0) is 16.1 Å². The van der Waals surface area contributed by atoms with E-state index in [1.54, 1.807) is 4.90 Å². The van der Waals surface area contributed by atoms with Crippen molar-refractivity contribution in [2.24, 2.45) is 5.92 Å². The number of benzene rings is 1. The van der Waals surface area contributed by atoms with Crippen LogP contribution >= 0.6 is 0 Å². The zero-order valence-electron chi connectivity index (χ0n) is 14.4. The van der Waals surface area contributed by atoms with Gasteiger partial charge in [0.1, 0.15) is 0 Å². The van der Waals surface area contributed by atoms with Crippen molar-refractivity contribution < 1.29 is 14.6 Å². The molecule has 2 fully saturated rings. The van der Waals surface area contributed by atoms with Crippen LogP contribution in [0.5, 0.6) is 0 Å². The number of rotatable bonds is 5. The normalized spacial score (nSPS) is 28.0. The fourth-order valence-corrected chi connectivity index (χ4v) is 3.91. The van der Waals surface area contributed by atoms with Crippen molar-refractivity contribution >= 4 is 5.91 Å². The molecule has 24 heavy (non-hydrogen) atoms. The van der Waals surface area contributed by atoms with Crippen LogP contribution in [0.25, 0.3) is 0 Å². The fourth-order valence-electron chi connectivity index (χ4n) is 3.91. The van der Waals surface area contributed by atoms with Crippen LogP contribution in [0, 0.1) is 5.92 Å². The van der Waals surface area contributed by atoms with E-state index in [0.717, 1.165) is 31.4 Å². The number of ether oxygens (including phenoxy) is 1. The summed E-state index contributed by atoms with van der Waals surface area (Å²) in [5, 5.41) is 10.2. The summed E-state index contributed by atoms with van der Waals surface area (Å²) in [7, 11) is 1.86. The smallest absolute Gasteiger partial charge is 0.236 e. The first-order chi connectivity index (χ1) is 11.6. The Kier molecular flexibility index (Phi) is 5.87. The molecule has 1 heterocycles. The number of carbonyl (C=O) groups is 1. The van der Waals surface area contributed by atoms with Crippen LogP contribution in [0.3, 0.4) is 0 Å². The van der Waals surface area contributed by atoms with Gasteiger partial charge in [-0.3, -0.25) is 9.69 Å². The predicted molar refractivity (Wildman–Crippen MR) is 92.4 cm³/mol. The lowest BCUT2D eigenvalue weighted by Gasteiger charge is -2.40. The molecule has 0 radical (unpaired) electrons. The molecule has 5 nitrogen and oxygen atoms in total. The van der Waals surface area contributed by atoms with E-state index in [9.17, 15) is 9.90 Å². The largest absolute Gasteiger partial charge is 0.393 e. The number of aliphatic hydroxyl groups is 1. The molecule has 2 aliphatic rings. The SMILES string of the molecule is CN(Cc1ccccc1)C(=O)CN1CCOCC1C1CCCC1O. The summed E-state index contributed by atoms with van der Waals surface area (Å²) < 4.78 is 5.63. The van der Waals surface area contributed by atoms with Gasteiger partial charge < -0.3 is 14.7 Å². The van der Waals surface area contributed by atoms with Gasteiger partial charge in [0.2, 0.25) is 5.91 Å². The van der Waals surface area contributed by atoms with Gasteiger partial charge in [0, 0.05) is 32.1 Å². The molecule has 1 aromatic carbocycles. The van der Waals surface area contributed by atoms with Crippen molar-refractivity contribution in [2.45, 2.75) is 38.0 Å². The average Bonchev–Trinajstić information content (AvgIpc) is 3.02. The van der Waals surface area contributed by atoms with Crippen molar-refractivity contribution in [1.29, 1.82) is 0 Å². The zero-order valence-corrected chi connectivity index (χ0v) is 14.4. The molecule has 0 aromatic heterocycles. The Labute approximate surface area is 144 Å². The van der Waals surface area contributed by atoms with Gasteiger partial charge in [-0.1, -0.05) is 36.8 Å². The van der Waals surface area contributed by atoms with Gasteiger partial charge in [-0.15, -0.1) is 0 Å². The second-order valence-electron chi connectivity index (χ2n) is 7.01. The van der Waals surface area contributed by atoms with E-state index >= 15 is 0 Å². The lowest BCUT2D eigenvalue weighted by molar-refractivity contribution is -0.135. The number of hydrogen-bond donors (Lipinski definition) is 1. The van der Waals surface area contributed by atoms with Crippen LogP contribution < -0.4 is 0 Å². The fraction of sp³-hybridized carbons (Fsp3) is 0.632. The van der Waals surface area contributed by atoms with Gasteiger partial charge in [0.15, 0.2) is 0 Å². The molecule has 5 heteroatoms. The van der Waals surface area contributed by atoms with Gasteiger partial charge in [-0.25, -0.2) is 0 Å². The van der Waals surface area contributed by atoms with Crippen LogP contribution in [0.4, 0.5) is 0 Å². The predicted octanol–water partition coefficient (Wildman–Crippen LogP) is 1.51. The minimum Gasteiger partial charge on any atom is -0.393 e. The van der Waals surface area contributed by atoms with Crippen molar-refractivity contribution in [3.8, 4) is 0 Å². The van der Waals surface area contributed by atoms with E-state index in [4.69, 9.17) is 4.74 Å². The summed E-state index contributed by atoms with van der Waals surface area (Å²) in [6.45, 7) is 3.08. The molecule has 1 saturated heterocycles. The van der Waals surface area contributed by atoms with Gasteiger partial charge in [-0.2, -0.15) is 0 Å². The Balaban J connectivity index is 1.59. The van der Waals surface area contributed by atoms with Crippen LogP contribution in [0.15, 0.2) is 30.3 Å². The Morgan fingerprint density at radius 3 is 2.83 bits per heavy atom. The third-order valence-corrected chi connectivity index (χ3v) is 5.33. The van der Waals surface area contributed by atoms with Crippen molar-refractivity contribution in [2.75, 3.05) is 33.4 Å². The van der Waals surface area contributed by atoms with E-state index in [1.807, 2.05) is 37.4 Å². The molecular formula is C19H28N2O3. The first kappa shape index (κ1) is 17.4. The number of aliphatic hydroxyl groups excluding tert-OH is 1. The Morgan fingerprint density at radius 2 is 2.12 bits per heavy atom. The first-order valence-electron chi connectivity index (χ1n) is 8.93. The second kappa shape index (κ2) is 8.10. The summed E-state index contributed by atoms with van der Waals surface area (Å²) in [4.78, 5) is 16.6. The molecule has 0 bridgehead atoms. The lowest BCUT2D eigenvalue weighted by Crippen LogP contribution is -2.54. The highest BCUT2D eigenvalue weighted by atomic mass is 16.5. The lowest BCUT2D eigenvalue weighted by atomic mass is 9.94.